The molecule has 2 heterocycles. The van der Waals surface area contributed by atoms with E-state index in [1.807, 2.05) is 0 Å². The summed E-state index contributed by atoms with van der Waals surface area (Å²) in [5, 5.41) is 38.9. The van der Waals surface area contributed by atoms with Gasteiger partial charge in [0.25, 0.3) is 0 Å². The predicted octanol–water partition coefficient (Wildman–Crippen LogP) is 5.36. The maximum absolute atomic E-state index is 13.8. The first kappa shape index (κ1) is 34.2. The summed E-state index contributed by atoms with van der Waals surface area (Å²) in [6.45, 7) is -0.186. The molecule has 2 amide bonds. The van der Waals surface area contributed by atoms with Crippen LogP contribution in [0.3, 0.4) is 0 Å². The molecule has 0 bridgehead atoms. The first-order valence-electron chi connectivity index (χ1n) is 16.1. The van der Waals surface area contributed by atoms with Crippen LogP contribution < -0.4 is 0 Å². The Morgan fingerprint density at radius 3 is 0.863 bits per heavy atom. The predicted molar refractivity (Wildman–Crippen MR) is 192 cm³/mol. The van der Waals surface area contributed by atoms with Crippen LogP contribution in [0.15, 0.2) is 119 Å². The van der Waals surface area contributed by atoms with Gasteiger partial charge >= 0.3 is 0 Å². The molecule has 0 aliphatic carbocycles. The molecular formula is C41H34N2O8. The molecular weight excluding hydrogens is 648 g/mol. The summed E-state index contributed by atoms with van der Waals surface area (Å²) >= 11 is 0. The van der Waals surface area contributed by atoms with Crippen molar-refractivity contribution in [1.29, 1.82) is 0 Å². The van der Waals surface area contributed by atoms with Crippen molar-refractivity contribution in [2.24, 2.45) is 0 Å². The average Bonchev–Trinajstić information content (AvgIpc) is 3.11. The van der Waals surface area contributed by atoms with Crippen LogP contribution >= 0.6 is 0 Å². The van der Waals surface area contributed by atoms with E-state index in [2.05, 4.69) is 0 Å². The number of piperidine rings is 2. The third-order valence-corrected chi connectivity index (χ3v) is 8.56. The molecule has 51 heavy (non-hydrogen) atoms. The summed E-state index contributed by atoms with van der Waals surface area (Å²) in [6.07, 6.45) is 6.06. The minimum atomic E-state index is -0.514. The summed E-state index contributed by atoms with van der Waals surface area (Å²) < 4.78 is 0. The lowest BCUT2D eigenvalue weighted by Gasteiger charge is -2.32. The normalized spacial score (nSPS) is 18.2. The Morgan fingerprint density at radius 2 is 0.647 bits per heavy atom. The van der Waals surface area contributed by atoms with E-state index < -0.39 is 18.2 Å². The maximum Gasteiger partial charge on any atom is 0.232 e. The van der Waals surface area contributed by atoms with Gasteiger partial charge in [0.05, 0.1) is 0 Å². The van der Waals surface area contributed by atoms with Gasteiger partial charge in [-0.1, -0.05) is 48.5 Å². The molecule has 0 unspecified atom stereocenters. The summed E-state index contributed by atoms with van der Waals surface area (Å²) in [5.41, 5.74) is 3.85. The number of phenolic OH excluding ortho intramolecular Hbond substituents is 4. The number of amides is 2. The second-order valence-electron chi connectivity index (χ2n) is 12.4. The van der Waals surface area contributed by atoms with E-state index in [1.165, 1.54) is 58.3 Å². The number of rotatable bonds is 6. The van der Waals surface area contributed by atoms with Gasteiger partial charge in [0.1, 0.15) is 29.4 Å². The summed E-state index contributed by atoms with van der Waals surface area (Å²) in [4.78, 5) is 57.8. The van der Waals surface area contributed by atoms with Crippen LogP contribution in [0.1, 0.15) is 28.7 Å². The van der Waals surface area contributed by atoms with E-state index in [1.54, 1.807) is 72.8 Å². The van der Waals surface area contributed by atoms with Crippen LogP contribution in [0, 0.1) is 0 Å². The fourth-order valence-corrected chi connectivity index (χ4v) is 5.87. The zero-order valence-electron chi connectivity index (χ0n) is 27.4. The van der Waals surface area contributed by atoms with Gasteiger partial charge in [-0.15, -0.1) is 0 Å². The molecule has 2 aliphatic rings. The SMILES string of the molecule is O=C1/C(=C/c2ccc(O)cc2)CN(C(=O)CC(=O)N2C/C(=C\c3ccc(O)cc3)C(=O)/C(=C/c3ccc(O)cc3)C2)C/C1=C\c1ccc(O)cc1. The van der Waals surface area contributed by atoms with Gasteiger partial charge < -0.3 is 30.2 Å². The number of aromatic hydroxyl groups is 4. The second kappa shape index (κ2) is 14.8. The van der Waals surface area contributed by atoms with Crippen molar-refractivity contribution in [2.75, 3.05) is 26.2 Å². The van der Waals surface area contributed by atoms with Crippen LogP contribution in [-0.4, -0.2) is 79.8 Å². The van der Waals surface area contributed by atoms with E-state index in [0.717, 1.165) is 0 Å². The number of carbonyl (C=O) groups excluding carboxylic acids is 4. The molecule has 2 fully saturated rings. The van der Waals surface area contributed by atoms with Gasteiger partial charge in [0.2, 0.25) is 11.8 Å². The number of hydrogen-bond donors (Lipinski definition) is 4. The lowest BCUT2D eigenvalue weighted by Crippen LogP contribution is -2.46. The number of hydrogen-bond acceptors (Lipinski definition) is 8. The zero-order valence-corrected chi connectivity index (χ0v) is 27.4. The van der Waals surface area contributed by atoms with Gasteiger partial charge in [0.15, 0.2) is 11.6 Å². The van der Waals surface area contributed by atoms with E-state index in [9.17, 15) is 39.6 Å². The van der Waals surface area contributed by atoms with E-state index in [4.69, 9.17) is 0 Å². The highest BCUT2D eigenvalue weighted by Crippen LogP contribution is 2.27. The molecule has 0 radical (unpaired) electrons. The molecule has 0 atom stereocenters. The molecule has 2 aliphatic heterocycles. The van der Waals surface area contributed by atoms with Gasteiger partial charge in [0, 0.05) is 48.5 Å². The van der Waals surface area contributed by atoms with Crippen molar-refractivity contribution in [3.05, 3.63) is 142 Å². The van der Waals surface area contributed by atoms with E-state index in [0.29, 0.717) is 44.5 Å². The van der Waals surface area contributed by atoms with Gasteiger partial charge in [-0.25, -0.2) is 0 Å². The first-order chi connectivity index (χ1) is 24.5. The molecule has 0 spiro atoms. The van der Waals surface area contributed by atoms with Crippen LogP contribution in [0.25, 0.3) is 24.3 Å². The number of phenols is 4. The Labute approximate surface area is 293 Å². The minimum absolute atomic E-state index is 0.0464. The average molecular weight is 683 g/mol. The van der Waals surface area contributed by atoms with Crippen LogP contribution in [0.4, 0.5) is 0 Å². The molecule has 0 saturated carbocycles. The molecule has 2 saturated heterocycles. The Balaban J connectivity index is 1.27. The summed E-state index contributed by atoms with van der Waals surface area (Å²) in [5.74, 6) is -1.29. The van der Waals surface area contributed by atoms with E-state index >= 15 is 0 Å². The Bertz CT molecular complexity index is 1820. The summed E-state index contributed by atoms with van der Waals surface area (Å²) in [7, 11) is 0. The Kier molecular flexibility index (Phi) is 9.95. The van der Waals surface area contributed by atoms with Gasteiger partial charge in [-0.3, -0.25) is 19.2 Å². The van der Waals surface area contributed by atoms with Gasteiger partial charge in [-0.2, -0.15) is 0 Å². The molecule has 4 aromatic carbocycles. The smallest absolute Gasteiger partial charge is 0.232 e. The topological polar surface area (TPSA) is 156 Å². The fourth-order valence-electron chi connectivity index (χ4n) is 5.87. The highest BCUT2D eigenvalue weighted by Gasteiger charge is 2.33. The molecule has 6 rings (SSSR count). The Hall–Kier alpha value is -6.68. The van der Waals surface area contributed by atoms with Crippen molar-refractivity contribution < 1.29 is 39.6 Å². The second-order valence-corrected chi connectivity index (χ2v) is 12.4. The van der Waals surface area contributed by atoms with Crippen molar-refractivity contribution >= 4 is 47.7 Å². The first-order valence-corrected chi connectivity index (χ1v) is 16.1. The quantitative estimate of drug-likeness (QED) is 0.157. The molecule has 256 valence electrons. The fraction of sp³-hybridized carbons (Fsp3) is 0.122. The number of ketones is 2. The highest BCUT2D eigenvalue weighted by atomic mass is 16.3. The lowest BCUT2D eigenvalue weighted by molar-refractivity contribution is -0.140. The van der Waals surface area contributed by atoms with Crippen molar-refractivity contribution in [2.45, 2.75) is 6.42 Å². The van der Waals surface area contributed by atoms with E-state index in [-0.39, 0.29) is 60.7 Å². The van der Waals surface area contributed by atoms with Crippen molar-refractivity contribution in [1.82, 2.24) is 9.80 Å². The molecule has 10 heteroatoms. The van der Waals surface area contributed by atoms with Crippen molar-refractivity contribution in [3.8, 4) is 23.0 Å². The van der Waals surface area contributed by atoms with Crippen LogP contribution in [0.2, 0.25) is 0 Å². The standard InChI is InChI=1S/C41H34N2O8/c44-34-9-1-26(2-10-34)17-30-22-42(23-31(40(30)50)18-27-3-11-35(45)12-4-27)38(48)21-39(49)43-24-32(19-28-5-13-36(46)14-6-28)41(51)33(25-43)20-29-7-15-37(47)16-8-29/h1-20,44-47H,21-25H2/b30-17+,31-18+,32-19+,33-20+. The zero-order chi connectivity index (χ0) is 36.1. The molecule has 4 N–H and O–H groups in total. The molecule has 10 nitrogen and oxygen atoms in total. The minimum Gasteiger partial charge on any atom is -0.508 e. The largest absolute Gasteiger partial charge is 0.508 e. The lowest BCUT2D eigenvalue weighted by atomic mass is 9.93. The number of benzene rings is 4. The van der Waals surface area contributed by atoms with Crippen LogP contribution in [-0.2, 0) is 19.2 Å². The maximum atomic E-state index is 13.8. The van der Waals surface area contributed by atoms with Gasteiger partial charge in [-0.05, 0) is 95.1 Å². The monoisotopic (exact) mass is 682 g/mol. The highest BCUT2D eigenvalue weighted by molar-refractivity contribution is 6.17. The third kappa shape index (κ3) is 8.49. The number of carbonyl (C=O) groups is 4. The Morgan fingerprint density at radius 1 is 0.431 bits per heavy atom. The van der Waals surface area contributed by atoms with Crippen LogP contribution in [0.5, 0.6) is 23.0 Å². The third-order valence-electron chi connectivity index (χ3n) is 8.56. The summed E-state index contributed by atoms with van der Waals surface area (Å²) in [6, 6.07) is 25.1. The molecule has 0 aromatic heterocycles. The molecule has 4 aromatic rings. The van der Waals surface area contributed by atoms with Crippen molar-refractivity contribution in [3.63, 3.8) is 0 Å². The number of likely N-dealkylation sites (tertiary alicyclic amines) is 2. The number of Topliss-reactive ketones (excluding diaryl/α,β-unsaturated/α-hetero) is 2. The number of nitrogens with zero attached hydrogens (tertiary/aromatic N) is 2.